The second-order valence-corrected chi connectivity index (χ2v) is 6.68. The molecule has 0 atom stereocenters. The maximum Gasteiger partial charge on any atom is 0.236 e. The molecule has 0 fully saturated rings. The number of anilines is 2. The van der Waals surface area contributed by atoms with Crippen molar-refractivity contribution in [2.45, 2.75) is 32.4 Å². The van der Waals surface area contributed by atoms with E-state index in [9.17, 15) is 5.11 Å². The predicted molar refractivity (Wildman–Crippen MR) is 91.6 cm³/mol. The molecule has 2 N–H and O–H groups in total. The van der Waals surface area contributed by atoms with Crippen LogP contribution in [-0.2, 0) is 19.2 Å². The van der Waals surface area contributed by atoms with Crippen LogP contribution in [0.2, 0.25) is 0 Å². The van der Waals surface area contributed by atoms with E-state index in [-0.39, 0.29) is 0 Å². The van der Waals surface area contributed by atoms with Crippen LogP contribution in [0.3, 0.4) is 0 Å². The fraction of sp³-hybridized carbons (Fsp3) is 0.412. The third-order valence-corrected chi connectivity index (χ3v) is 4.36. The van der Waals surface area contributed by atoms with E-state index in [0.717, 1.165) is 46.8 Å². The molecule has 1 aromatic carbocycles. The summed E-state index contributed by atoms with van der Waals surface area (Å²) in [7, 11) is 1.89. The lowest BCUT2D eigenvalue weighted by Gasteiger charge is -2.17. The number of aryl methyl sites for hydroxylation is 2. The molecule has 4 rings (SSSR count). The summed E-state index contributed by atoms with van der Waals surface area (Å²) in [4.78, 5) is 0. The molecule has 3 aromatic rings. The number of aromatic nitrogens is 4. The van der Waals surface area contributed by atoms with Crippen LogP contribution in [0.15, 0.2) is 24.4 Å². The van der Waals surface area contributed by atoms with Gasteiger partial charge in [0.2, 0.25) is 5.88 Å². The van der Waals surface area contributed by atoms with Crippen LogP contribution in [0.25, 0.3) is 10.9 Å². The topological polar surface area (TPSA) is 77.1 Å². The molecule has 0 saturated carbocycles. The van der Waals surface area contributed by atoms with Crippen molar-refractivity contribution in [3.8, 4) is 5.88 Å². The molecule has 126 valence electrons. The van der Waals surface area contributed by atoms with Gasteiger partial charge in [-0.05, 0) is 31.5 Å². The molecule has 0 radical (unpaired) electrons. The van der Waals surface area contributed by atoms with Crippen molar-refractivity contribution in [2.24, 2.45) is 7.05 Å². The van der Waals surface area contributed by atoms with Crippen molar-refractivity contribution in [3.63, 3.8) is 0 Å². The summed E-state index contributed by atoms with van der Waals surface area (Å²) in [6, 6.07) is 5.88. The van der Waals surface area contributed by atoms with Gasteiger partial charge in [-0.25, -0.2) is 4.68 Å². The summed E-state index contributed by atoms with van der Waals surface area (Å²) >= 11 is 0. The Balaban J connectivity index is 1.74. The lowest BCUT2D eigenvalue weighted by Crippen LogP contribution is -2.15. The van der Waals surface area contributed by atoms with Crippen LogP contribution in [0.4, 0.5) is 11.5 Å². The van der Waals surface area contributed by atoms with Crippen LogP contribution in [0, 0.1) is 0 Å². The van der Waals surface area contributed by atoms with E-state index in [0.29, 0.717) is 6.61 Å². The van der Waals surface area contributed by atoms with Gasteiger partial charge in [-0.15, -0.1) is 0 Å². The minimum atomic E-state index is -0.884. The van der Waals surface area contributed by atoms with E-state index < -0.39 is 5.60 Å². The maximum atomic E-state index is 10.2. The van der Waals surface area contributed by atoms with E-state index in [1.165, 1.54) is 0 Å². The van der Waals surface area contributed by atoms with Crippen molar-refractivity contribution in [1.82, 2.24) is 19.6 Å². The highest BCUT2D eigenvalue weighted by molar-refractivity contribution is 5.92. The van der Waals surface area contributed by atoms with Gasteiger partial charge in [0.15, 0.2) is 5.82 Å². The molecule has 0 bridgehead atoms. The third-order valence-electron chi connectivity index (χ3n) is 4.36. The summed E-state index contributed by atoms with van der Waals surface area (Å²) in [5.41, 5.74) is 1.75. The number of nitrogens with one attached hydrogen (secondary N) is 1. The monoisotopic (exact) mass is 327 g/mol. The summed E-state index contributed by atoms with van der Waals surface area (Å²) < 4.78 is 9.39. The number of fused-ring (bicyclic) bond motifs is 2. The molecule has 0 saturated heterocycles. The summed E-state index contributed by atoms with van der Waals surface area (Å²) in [6.07, 6.45) is 2.74. The number of ether oxygens (including phenoxy) is 1. The Kier molecular flexibility index (Phi) is 3.28. The van der Waals surface area contributed by atoms with Crippen molar-refractivity contribution in [1.29, 1.82) is 0 Å². The Bertz CT molecular complexity index is 904. The first kappa shape index (κ1) is 15.0. The van der Waals surface area contributed by atoms with E-state index in [1.54, 1.807) is 20.0 Å². The molecular weight excluding hydrogens is 306 g/mol. The van der Waals surface area contributed by atoms with Crippen LogP contribution in [0.5, 0.6) is 5.88 Å². The second kappa shape index (κ2) is 5.24. The minimum absolute atomic E-state index is 0.707. The van der Waals surface area contributed by atoms with E-state index >= 15 is 0 Å². The molecule has 1 aliphatic rings. The SMILES string of the molecule is Cn1nc(Nc2cnn3c2OCCC3)c2ccc(C(C)(C)O)cc21. The Labute approximate surface area is 139 Å². The standard InChI is InChI=1S/C17H21N5O2/c1-17(2,23)11-5-6-12-14(9-11)21(3)20-15(12)19-13-10-18-22-7-4-8-24-16(13)22/h5-6,9-10,23H,4,7-8H2,1-3H3,(H,19,20). The average Bonchev–Trinajstić information content (AvgIpc) is 3.09. The van der Waals surface area contributed by atoms with Gasteiger partial charge in [0.25, 0.3) is 0 Å². The molecular formula is C17H21N5O2. The fourth-order valence-electron chi connectivity index (χ4n) is 3.01. The molecule has 0 unspecified atom stereocenters. The maximum absolute atomic E-state index is 10.2. The van der Waals surface area contributed by atoms with E-state index in [4.69, 9.17) is 4.74 Å². The number of hydrogen-bond acceptors (Lipinski definition) is 5. The molecule has 1 aliphatic heterocycles. The van der Waals surface area contributed by atoms with Gasteiger partial charge < -0.3 is 15.2 Å². The number of rotatable bonds is 3. The second-order valence-electron chi connectivity index (χ2n) is 6.68. The average molecular weight is 327 g/mol. The van der Waals surface area contributed by atoms with Crippen LogP contribution in [-0.4, -0.2) is 31.3 Å². The quantitative estimate of drug-likeness (QED) is 0.773. The number of benzene rings is 1. The highest BCUT2D eigenvalue weighted by Crippen LogP contribution is 2.33. The van der Waals surface area contributed by atoms with Crippen molar-refractivity contribution < 1.29 is 9.84 Å². The summed E-state index contributed by atoms with van der Waals surface area (Å²) in [6.45, 7) is 5.13. The van der Waals surface area contributed by atoms with Gasteiger partial charge in [0, 0.05) is 25.4 Å². The molecule has 7 nitrogen and oxygen atoms in total. The Hall–Kier alpha value is -2.54. The highest BCUT2D eigenvalue weighted by atomic mass is 16.5. The molecule has 3 heterocycles. The van der Waals surface area contributed by atoms with Crippen molar-refractivity contribution in [2.75, 3.05) is 11.9 Å². The zero-order chi connectivity index (χ0) is 16.9. The van der Waals surface area contributed by atoms with Crippen molar-refractivity contribution >= 4 is 22.4 Å². The summed E-state index contributed by atoms with van der Waals surface area (Å²) in [5.74, 6) is 1.51. The molecule has 0 aliphatic carbocycles. The van der Waals surface area contributed by atoms with Gasteiger partial charge in [0.05, 0.1) is 23.9 Å². The van der Waals surface area contributed by atoms with Gasteiger partial charge in [-0.2, -0.15) is 10.2 Å². The fourth-order valence-corrected chi connectivity index (χ4v) is 3.01. The Morgan fingerprint density at radius 1 is 1.33 bits per heavy atom. The first-order chi connectivity index (χ1) is 11.4. The largest absolute Gasteiger partial charge is 0.476 e. The molecule has 7 heteroatoms. The zero-order valence-corrected chi connectivity index (χ0v) is 14.1. The molecule has 0 amide bonds. The Morgan fingerprint density at radius 3 is 2.96 bits per heavy atom. The first-order valence-corrected chi connectivity index (χ1v) is 8.09. The van der Waals surface area contributed by atoms with E-state index in [2.05, 4.69) is 15.5 Å². The van der Waals surface area contributed by atoms with Gasteiger partial charge in [0.1, 0.15) is 5.69 Å². The van der Waals surface area contributed by atoms with Crippen LogP contribution < -0.4 is 10.1 Å². The van der Waals surface area contributed by atoms with Crippen LogP contribution in [0.1, 0.15) is 25.8 Å². The first-order valence-electron chi connectivity index (χ1n) is 8.09. The molecule has 2 aromatic heterocycles. The lowest BCUT2D eigenvalue weighted by molar-refractivity contribution is 0.0787. The smallest absolute Gasteiger partial charge is 0.236 e. The van der Waals surface area contributed by atoms with E-state index in [1.807, 2.05) is 34.6 Å². The molecule has 24 heavy (non-hydrogen) atoms. The van der Waals surface area contributed by atoms with Crippen LogP contribution >= 0.6 is 0 Å². The number of nitrogens with zero attached hydrogens (tertiary/aromatic N) is 4. The Morgan fingerprint density at radius 2 is 2.17 bits per heavy atom. The normalized spacial score (nSPS) is 14.5. The van der Waals surface area contributed by atoms with Gasteiger partial charge >= 0.3 is 0 Å². The lowest BCUT2D eigenvalue weighted by atomic mass is 9.97. The third kappa shape index (κ3) is 2.41. The zero-order valence-electron chi connectivity index (χ0n) is 14.1. The van der Waals surface area contributed by atoms with Gasteiger partial charge in [-0.1, -0.05) is 6.07 Å². The number of aliphatic hydroxyl groups is 1. The highest BCUT2D eigenvalue weighted by Gasteiger charge is 2.20. The van der Waals surface area contributed by atoms with Gasteiger partial charge in [-0.3, -0.25) is 4.68 Å². The minimum Gasteiger partial charge on any atom is -0.476 e. The summed E-state index contributed by atoms with van der Waals surface area (Å²) in [5, 5.41) is 23.4. The van der Waals surface area contributed by atoms with Crippen molar-refractivity contribution in [3.05, 3.63) is 30.0 Å². The predicted octanol–water partition coefficient (Wildman–Crippen LogP) is 2.52. The molecule has 0 spiro atoms. The number of hydrogen-bond donors (Lipinski definition) is 2.